The first-order valence-corrected chi connectivity index (χ1v) is 11.1. The van der Waals surface area contributed by atoms with Crippen molar-refractivity contribution in [3.8, 4) is 0 Å². The van der Waals surface area contributed by atoms with Crippen molar-refractivity contribution < 1.29 is 18.8 Å². The highest BCUT2D eigenvalue weighted by molar-refractivity contribution is 9.10. The standard InChI is InChI=1S/C21H18BrFN2O3S/c22-12-3-5-14-15(10-12)21(28)25(20(14)27)8-1-2-19(26)24-17-7-9-29-18-6-4-13(23)11-16(17)18/h3-6,10-11,17H,1-2,7-9H2,(H,24,26). The average Bonchev–Trinajstić information content (AvgIpc) is 2.92. The Labute approximate surface area is 180 Å². The van der Waals surface area contributed by atoms with Crippen LogP contribution >= 0.6 is 27.7 Å². The largest absolute Gasteiger partial charge is 0.349 e. The molecule has 2 aliphatic heterocycles. The molecule has 1 atom stereocenters. The lowest BCUT2D eigenvalue weighted by atomic mass is 10.0. The number of nitrogens with zero attached hydrogens (tertiary/aromatic N) is 1. The van der Waals surface area contributed by atoms with E-state index in [0.717, 1.165) is 27.1 Å². The van der Waals surface area contributed by atoms with Crippen LogP contribution in [0.3, 0.4) is 0 Å². The van der Waals surface area contributed by atoms with Crippen LogP contribution in [0.4, 0.5) is 4.39 Å². The summed E-state index contributed by atoms with van der Waals surface area (Å²) in [6.45, 7) is 0.184. The van der Waals surface area contributed by atoms with E-state index in [-0.39, 0.29) is 42.5 Å². The number of carbonyl (C=O) groups excluding carboxylic acids is 3. The molecule has 2 aliphatic rings. The van der Waals surface area contributed by atoms with Crippen LogP contribution in [-0.2, 0) is 4.79 Å². The number of rotatable bonds is 5. The van der Waals surface area contributed by atoms with Gasteiger partial charge in [-0.25, -0.2) is 4.39 Å². The summed E-state index contributed by atoms with van der Waals surface area (Å²) in [6.07, 6.45) is 1.29. The van der Waals surface area contributed by atoms with Crippen LogP contribution in [0.25, 0.3) is 0 Å². The van der Waals surface area contributed by atoms with Crippen molar-refractivity contribution in [1.82, 2.24) is 10.2 Å². The van der Waals surface area contributed by atoms with Gasteiger partial charge in [0, 0.05) is 28.1 Å². The summed E-state index contributed by atoms with van der Waals surface area (Å²) in [5.41, 5.74) is 1.58. The number of thioether (sulfide) groups is 1. The second-order valence-corrected chi connectivity index (χ2v) is 9.05. The highest BCUT2D eigenvalue weighted by Crippen LogP contribution is 2.36. The van der Waals surface area contributed by atoms with Gasteiger partial charge < -0.3 is 5.32 Å². The van der Waals surface area contributed by atoms with E-state index < -0.39 is 0 Å². The summed E-state index contributed by atoms with van der Waals surface area (Å²) in [4.78, 5) is 39.5. The Kier molecular flexibility index (Phi) is 5.74. The van der Waals surface area contributed by atoms with E-state index in [0.29, 0.717) is 17.5 Å². The number of imide groups is 1. The summed E-state index contributed by atoms with van der Waals surface area (Å²) < 4.78 is 14.3. The van der Waals surface area contributed by atoms with Gasteiger partial charge >= 0.3 is 0 Å². The minimum Gasteiger partial charge on any atom is -0.349 e. The van der Waals surface area contributed by atoms with Gasteiger partial charge in [0.05, 0.1) is 17.2 Å². The molecule has 150 valence electrons. The molecule has 2 aromatic carbocycles. The lowest BCUT2D eigenvalue weighted by Crippen LogP contribution is -2.33. The highest BCUT2D eigenvalue weighted by atomic mass is 79.9. The Balaban J connectivity index is 1.33. The number of halogens is 2. The SMILES string of the molecule is O=C(CCCN1C(=O)c2ccc(Br)cc2C1=O)NC1CCSc2ccc(F)cc21. The molecule has 4 rings (SSSR count). The Bertz CT molecular complexity index is 1010. The quantitative estimate of drug-likeness (QED) is 0.652. The van der Waals surface area contributed by atoms with Crippen molar-refractivity contribution in [1.29, 1.82) is 0 Å². The van der Waals surface area contributed by atoms with Crippen molar-refractivity contribution in [3.63, 3.8) is 0 Å². The molecule has 29 heavy (non-hydrogen) atoms. The van der Waals surface area contributed by atoms with Crippen LogP contribution in [0.15, 0.2) is 45.8 Å². The lowest BCUT2D eigenvalue weighted by Gasteiger charge is -2.26. The first-order chi connectivity index (χ1) is 13.9. The predicted molar refractivity (Wildman–Crippen MR) is 111 cm³/mol. The molecule has 2 heterocycles. The first kappa shape index (κ1) is 20.1. The molecule has 0 aromatic heterocycles. The van der Waals surface area contributed by atoms with Crippen LogP contribution in [0.1, 0.15) is 51.6 Å². The molecular weight excluding hydrogens is 459 g/mol. The number of hydrogen-bond acceptors (Lipinski definition) is 4. The fourth-order valence-electron chi connectivity index (χ4n) is 3.65. The number of hydrogen-bond donors (Lipinski definition) is 1. The molecule has 0 saturated carbocycles. The van der Waals surface area contributed by atoms with Gasteiger partial charge in [0.2, 0.25) is 5.91 Å². The number of carbonyl (C=O) groups is 3. The Morgan fingerprint density at radius 2 is 1.97 bits per heavy atom. The van der Waals surface area contributed by atoms with Gasteiger partial charge in [0.25, 0.3) is 11.8 Å². The highest BCUT2D eigenvalue weighted by Gasteiger charge is 2.35. The second kappa shape index (κ2) is 8.28. The van der Waals surface area contributed by atoms with Gasteiger partial charge in [-0.2, -0.15) is 0 Å². The zero-order valence-electron chi connectivity index (χ0n) is 15.4. The van der Waals surface area contributed by atoms with Gasteiger partial charge in [0.1, 0.15) is 5.82 Å². The third kappa shape index (κ3) is 4.09. The molecule has 0 aliphatic carbocycles. The van der Waals surface area contributed by atoms with E-state index in [1.807, 2.05) is 0 Å². The Morgan fingerprint density at radius 1 is 1.17 bits per heavy atom. The van der Waals surface area contributed by atoms with Crippen molar-refractivity contribution in [3.05, 3.63) is 63.4 Å². The van der Waals surface area contributed by atoms with Crippen LogP contribution in [-0.4, -0.2) is 34.9 Å². The summed E-state index contributed by atoms with van der Waals surface area (Å²) in [5.74, 6) is -0.292. The summed E-state index contributed by atoms with van der Waals surface area (Å²) >= 11 is 4.96. The van der Waals surface area contributed by atoms with E-state index in [4.69, 9.17) is 0 Å². The fraction of sp³-hybridized carbons (Fsp3) is 0.286. The zero-order valence-corrected chi connectivity index (χ0v) is 17.8. The monoisotopic (exact) mass is 476 g/mol. The van der Waals surface area contributed by atoms with Gasteiger partial charge in [0.15, 0.2) is 0 Å². The molecule has 8 heteroatoms. The van der Waals surface area contributed by atoms with E-state index in [1.54, 1.807) is 36.0 Å². The van der Waals surface area contributed by atoms with Gasteiger partial charge in [-0.1, -0.05) is 15.9 Å². The topological polar surface area (TPSA) is 66.5 Å². The van der Waals surface area contributed by atoms with Crippen LogP contribution in [0, 0.1) is 5.82 Å². The third-order valence-electron chi connectivity index (χ3n) is 5.06. The molecule has 0 bridgehead atoms. The summed E-state index contributed by atoms with van der Waals surface area (Å²) in [6, 6.07) is 9.42. The Morgan fingerprint density at radius 3 is 2.79 bits per heavy atom. The van der Waals surface area contributed by atoms with E-state index in [9.17, 15) is 18.8 Å². The van der Waals surface area contributed by atoms with Gasteiger partial charge in [-0.3, -0.25) is 19.3 Å². The molecule has 2 aromatic rings. The van der Waals surface area contributed by atoms with E-state index in [2.05, 4.69) is 21.2 Å². The van der Waals surface area contributed by atoms with Crippen molar-refractivity contribution in [2.45, 2.75) is 30.2 Å². The number of fused-ring (bicyclic) bond motifs is 2. The zero-order chi connectivity index (χ0) is 20.5. The van der Waals surface area contributed by atoms with Crippen molar-refractivity contribution >= 4 is 45.4 Å². The molecule has 0 radical (unpaired) electrons. The lowest BCUT2D eigenvalue weighted by molar-refractivity contribution is -0.122. The number of nitrogens with one attached hydrogen (secondary N) is 1. The molecule has 1 unspecified atom stereocenters. The molecule has 0 saturated heterocycles. The van der Waals surface area contributed by atoms with Crippen LogP contribution in [0.5, 0.6) is 0 Å². The minimum absolute atomic E-state index is 0.170. The second-order valence-electron chi connectivity index (χ2n) is 6.99. The van der Waals surface area contributed by atoms with Gasteiger partial charge in [-0.05, 0) is 54.8 Å². The maximum absolute atomic E-state index is 13.6. The van der Waals surface area contributed by atoms with Crippen molar-refractivity contribution in [2.75, 3.05) is 12.3 Å². The van der Waals surface area contributed by atoms with Crippen LogP contribution in [0.2, 0.25) is 0 Å². The predicted octanol–water partition coefficient (Wildman–Crippen LogP) is 4.32. The first-order valence-electron chi connectivity index (χ1n) is 9.31. The summed E-state index contributed by atoms with van der Waals surface area (Å²) in [5, 5.41) is 2.96. The number of benzene rings is 2. The molecule has 5 nitrogen and oxygen atoms in total. The molecular formula is C21H18BrFN2O3S. The third-order valence-corrected chi connectivity index (χ3v) is 6.68. The summed E-state index contributed by atoms with van der Waals surface area (Å²) in [7, 11) is 0. The van der Waals surface area contributed by atoms with Gasteiger partial charge in [-0.15, -0.1) is 11.8 Å². The maximum Gasteiger partial charge on any atom is 0.261 e. The number of amides is 3. The van der Waals surface area contributed by atoms with E-state index >= 15 is 0 Å². The average molecular weight is 477 g/mol. The van der Waals surface area contributed by atoms with Crippen molar-refractivity contribution in [2.24, 2.45) is 0 Å². The fourth-order valence-corrected chi connectivity index (χ4v) is 5.11. The van der Waals surface area contributed by atoms with Crippen LogP contribution < -0.4 is 5.32 Å². The maximum atomic E-state index is 13.6. The molecule has 0 spiro atoms. The van der Waals surface area contributed by atoms with E-state index in [1.165, 1.54) is 17.0 Å². The smallest absolute Gasteiger partial charge is 0.261 e. The molecule has 3 amide bonds. The minimum atomic E-state index is -0.333. The molecule has 1 N–H and O–H groups in total. The Hall–Kier alpha value is -2.19. The normalized spacial score (nSPS) is 17.9. The molecule has 0 fully saturated rings.